The number of amides is 1. The van der Waals surface area contributed by atoms with E-state index in [2.05, 4.69) is 6.58 Å². The standard InChI is InChI=1S/C15H27NO4/c1-11(19-13(2,3)4)8-15(18)9-16(10-15)12(17)20-14(5,6)7/h18H,1,8-10H2,2-7H3. The van der Waals surface area contributed by atoms with Crippen LogP contribution in [0.2, 0.25) is 0 Å². The van der Waals surface area contributed by atoms with Crippen LogP contribution < -0.4 is 0 Å². The molecule has 1 saturated heterocycles. The Hall–Kier alpha value is -1.23. The number of nitrogens with zero attached hydrogens (tertiary/aromatic N) is 1. The molecule has 1 rings (SSSR count). The largest absolute Gasteiger partial charge is 0.493 e. The second-order valence-electron chi connectivity index (χ2n) is 7.49. The summed E-state index contributed by atoms with van der Waals surface area (Å²) in [6.45, 7) is 15.5. The molecule has 0 radical (unpaired) electrons. The lowest BCUT2D eigenvalue weighted by Crippen LogP contribution is -2.64. The molecule has 1 heterocycles. The number of hydrogen-bond donors (Lipinski definition) is 1. The fourth-order valence-electron chi connectivity index (χ4n) is 2.07. The zero-order valence-corrected chi connectivity index (χ0v) is 13.4. The molecule has 0 atom stereocenters. The Bertz CT molecular complexity index is 384. The molecule has 1 amide bonds. The predicted octanol–water partition coefficient (Wildman–Crippen LogP) is 2.69. The molecule has 0 aliphatic carbocycles. The third kappa shape index (κ3) is 5.41. The monoisotopic (exact) mass is 285 g/mol. The van der Waals surface area contributed by atoms with Crippen molar-refractivity contribution in [1.82, 2.24) is 4.90 Å². The Morgan fingerprint density at radius 2 is 1.60 bits per heavy atom. The number of aliphatic hydroxyl groups is 1. The van der Waals surface area contributed by atoms with Gasteiger partial charge in [0.2, 0.25) is 0 Å². The van der Waals surface area contributed by atoms with Gasteiger partial charge in [-0.05, 0) is 41.5 Å². The minimum absolute atomic E-state index is 0.244. The first-order valence-corrected chi connectivity index (χ1v) is 6.87. The van der Waals surface area contributed by atoms with Gasteiger partial charge in [-0.25, -0.2) is 4.79 Å². The lowest BCUT2D eigenvalue weighted by Gasteiger charge is -2.46. The zero-order valence-electron chi connectivity index (χ0n) is 13.4. The van der Waals surface area contributed by atoms with Gasteiger partial charge in [-0.15, -0.1) is 0 Å². The van der Waals surface area contributed by atoms with Gasteiger partial charge in [0.15, 0.2) is 0 Å². The SMILES string of the molecule is C=C(CC1(O)CN(C(=O)OC(C)(C)C)C1)OC(C)(C)C. The third-order valence-electron chi connectivity index (χ3n) is 2.60. The molecule has 5 heteroatoms. The highest BCUT2D eigenvalue weighted by molar-refractivity contribution is 5.69. The summed E-state index contributed by atoms with van der Waals surface area (Å²) in [6, 6.07) is 0. The highest BCUT2D eigenvalue weighted by Gasteiger charge is 2.45. The fourth-order valence-corrected chi connectivity index (χ4v) is 2.07. The molecule has 0 aromatic rings. The van der Waals surface area contributed by atoms with Gasteiger partial charge < -0.3 is 19.5 Å². The maximum absolute atomic E-state index is 11.8. The molecule has 0 bridgehead atoms. The van der Waals surface area contributed by atoms with Crippen molar-refractivity contribution in [3.63, 3.8) is 0 Å². The number of carbonyl (C=O) groups is 1. The number of hydrogen-bond acceptors (Lipinski definition) is 4. The molecule has 1 N–H and O–H groups in total. The highest BCUT2D eigenvalue weighted by atomic mass is 16.6. The average molecular weight is 285 g/mol. The molecule has 0 aromatic carbocycles. The van der Waals surface area contributed by atoms with Crippen LogP contribution in [-0.4, -0.2) is 46.0 Å². The van der Waals surface area contributed by atoms with Crippen LogP contribution in [0.15, 0.2) is 12.3 Å². The van der Waals surface area contributed by atoms with Crippen molar-refractivity contribution in [2.45, 2.75) is 64.8 Å². The number of rotatable bonds is 3. The van der Waals surface area contributed by atoms with Crippen molar-refractivity contribution < 1.29 is 19.4 Å². The summed E-state index contributed by atoms with van der Waals surface area (Å²) in [5, 5.41) is 10.3. The van der Waals surface area contributed by atoms with E-state index in [4.69, 9.17) is 9.47 Å². The first-order valence-electron chi connectivity index (χ1n) is 6.87. The molecule has 20 heavy (non-hydrogen) atoms. The average Bonchev–Trinajstić information content (AvgIpc) is 2.06. The van der Waals surface area contributed by atoms with Crippen molar-refractivity contribution in [3.05, 3.63) is 12.3 Å². The van der Waals surface area contributed by atoms with E-state index in [0.29, 0.717) is 12.2 Å². The van der Waals surface area contributed by atoms with E-state index in [0.717, 1.165) is 0 Å². The second-order valence-corrected chi connectivity index (χ2v) is 7.49. The van der Waals surface area contributed by atoms with E-state index < -0.39 is 17.3 Å². The maximum Gasteiger partial charge on any atom is 0.410 e. The summed E-state index contributed by atoms with van der Waals surface area (Å²) < 4.78 is 10.8. The third-order valence-corrected chi connectivity index (χ3v) is 2.60. The van der Waals surface area contributed by atoms with E-state index in [-0.39, 0.29) is 18.7 Å². The van der Waals surface area contributed by atoms with Crippen molar-refractivity contribution in [2.75, 3.05) is 13.1 Å². The Kier molecular flexibility index (Phi) is 4.44. The van der Waals surface area contributed by atoms with Gasteiger partial charge in [-0.2, -0.15) is 0 Å². The fraction of sp³-hybridized carbons (Fsp3) is 0.800. The van der Waals surface area contributed by atoms with Crippen LogP contribution in [0, 0.1) is 0 Å². The smallest absolute Gasteiger partial charge is 0.410 e. The van der Waals surface area contributed by atoms with Crippen LogP contribution in [0.1, 0.15) is 48.0 Å². The topological polar surface area (TPSA) is 59.0 Å². The van der Waals surface area contributed by atoms with Crippen LogP contribution in [0.3, 0.4) is 0 Å². The molecular formula is C15H27NO4. The highest BCUT2D eigenvalue weighted by Crippen LogP contribution is 2.30. The number of carbonyl (C=O) groups excluding carboxylic acids is 1. The van der Waals surface area contributed by atoms with Crippen LogP contribution in [0.25, 0.3) is 0 Å². The molecule has 1 aliphatic rings. The second kappa shape index (κ2) is 5.28. The minimum Gasteiger partial charge on any atom is -0.493 e. The summed E-state index contributed by atoms with van der Waals surface area (Å²) in [4.78, 5) is 13.3. The van der Waals surface area contributed by atoms with Gasteiger partial charge in [-0.3, -0.25) is 0 Å². The van der Waals surface area contributed by atoms with Gasteiger partial charge in [0.1, 0.15) is 16.8 Å². The molecule has 5 nitrogen and oxygen atoms in total. The van der Waals surface area contributed by atoms with E-state index in [1.54, 1.807) is 0 Å². The van der Waals surface area contributed by atoms with E-state index >= 15 is 0 Å². The maximum atomic E-state index is 11.8. The first-order chi connectivity index (χ1) is 8.80. The summed E-state index contributed by atoms with van der Waals surface area (Å²) in [6.07, 6.45) is -0.0756. The Labute approximate surface area is 121 Å². The minimum atomic E-state index is -0.959. The molecule has 0 unspecified atom stereocenters. The number of β-amino-alcohol motifs (C(OH)–C–C–N with tert-alkyl or cyclic N) is 1. The van der Waals surface area contributed by atoms with Crippen LogP contribution in [0.5, 0.6) is 0 Å². The Balaban J connectivity index is 2.42. The van der Waals surface area contributed by atoms with E-state index in [9.17, 15) is 9.90 Å². The first kappa shape index (κ1) is 16.8. The van der Waals surface area contributed by atoms with Gasteiger partial charge in [0.25, 0.3) is 0 Å². The molecule has 116 valence electrons. The van der Waals surface area contributed by atoms with Gasteiger partial charge >= 0.3 is 6.09 Å². The summed E-state index contributed by atoms with van der Waals surface area (Å²) in [7, 11) is 0. The van der Waals surface area contributed by atoms with Gasteiger partial charge in [0.05, 0.1) is 18.8 Å². The quantitative estimate of drug-likeness (QED) is 0.810. The number of likely N-dealkylation sites (tertiary alicyclic amines) is 1. The van der Waals surface area contributed by atoms with Gasteiger partial charge in [-0.1, -0.05) is 6.58 Å². The Morgan fingerprint density at radius 1 is 1.15 bits per heavy atom. The normalized spacial score (nSPS) is 18.2. The molecule has 1 aliphatic heterocycles. The lowest BCUT2D eigenvalue weighted by molar-refractivity contribution is -0.107. The molecule has 0 aromatic heterocycles. The number of ether oxygens (including phenoxy) is 2. The Morgan fingerprint density at radius 3 is 2.00 bits per heavy atom. The summed E-state index contributed by atoms with van der Waals surface area (Å²) in [5.74, 6) is 0.531. The van der Waals surface area contributed by atoms with E-state index in [1.807, 2.05) is 41.5 Å². The van der Waals surface area contributed by atoms with Crippen molar-refractivity contribution in [2.24, 2.45) is 0 Å². The van der Waals surface area contributed by atoms with Crippen molar-refractivity contribution >= 4 is 6.09 Å². The molecule has 1 fully saturated rings. The summed E-state index contributed by atoms with van der Waals surface area (Å²) in [5.41, 5.74) is -1.81. The zero-order chi connectivity index (χ0) is 15.8. The van der Waals surface area contributed by atoms with Crippen LogP contribution in [-0.2, 0) is 9.47 Å². The van der Waals surface area contributed by atoms with Crippen LogP contribution >= 0.6 is 0 Å². The van der Waals surface area contributed by atoms with E-state index in [1.165, 1.54) is 4.90 Å². The van der Waals surface area contributed by atoms with Gasteiger partial charge in [0, 0.05) is 6.42 Å². The molecular weight excluding hydrogens is 258 g/mol. The molecule has 0 saturated carbocycles. The van der Waals surface area contributed by atoms with Crippen molar-refractivity contribution in [3.8, 4) is 0 Å². The van der Waals surface area contributed by atoms with Crippen LogP contribution in [0.4, 0.5) is 4.79 Å². The lowest BCUT2D eigenvalue weighted by atomic mass is 9.90. The molecule has 0 spiro atoms. The van der Waals surface area contributed by atoms with Crippen molar-refractivity contribution in [1.29, 1.82) is 0 Å². The summed E-state index contributed by atoms with van der Waals surface area (Å²) >= 11 is 0. The predicted molar refractivity (Wildman–Crippen MR) is 77.4 cm³/mol.